The molecule has 0 spiro atoms. The lowest BCUT2D eigenvalue weighted by molar-refractivity contribution is 0.191. The summed E-state index contributed by atoms with van der Waals surface area (Å²) < 4.78 is 0. The maximum Gasteiger partial charge on any atom is 0.0636 e. The van der Waals surface area contributed by atoms with Gasteiger partial charge in [0.05, 0.1) is 6.10 Å². The number of aliphatic hydroxyl groups excluding tert-OH is 1. The summed E-state index contributed by atoms with van der Waals surface area (Å²) in [4.78, 5) is 0. The molecule has 3 nitrogen and oxygen atoms in total. The van der Waals surface area contributed by atoms with Gasteiger partial charge in [-0.2, -0.15) is 0 Å². The van der Waals surface area contributed by atoms with Crippen LogP contribution >= 0.6 is 0 Å². The number of aliphatic hydroxyl groups is 1. The number of rotatable bonds is 6. The van der Waals surface area contributed by atoms with Crippen LogP contribution in [0.5, 0.6) is 0 Å². The van der Waals surface area contributed by atoms with Crippen molar-refractivity contribution in [1.82, 2.24) is 5.32 Å². The van der Waals surface area contributed by atoms with Crippen LogP contribution in [-0.4, -0.2) is 30.8 Å². The van der Waals surface area contributed by atoms with Crippen molar-refractivity contribution in [3.05, 3.63) is 0 Å². The Hall–Kier alpha value is -0.120. The molecule has 1 atom stereocenters. The number of nitrogens with two attached hydrogens (primary N) is 1. The first-order valence-electron chi connectivity index (χ1n) is 3.86. The molecule has 0 fully saturated rings. The molecule has 0 aromatic heterocycles. The van der Waals surface area contributed by atoms with Gasteiger partial charge >= 0.3 is 0 Å². The van der Waals surface area contributed by atoms with Crippen molar-refractivity contribution in [3.8, 4) is 0 Å². The summed E-state index contributed by atoms with van der Waals surface area (Å²) in [5.74, 6) is 0. The SMILES string of the molecule is CC(O)CNCCCCN. The van der Waals surface area contributed by atoms with Gasteiger partial charge < -0.3 is 16.2 Å². The van der Waals surface area contributed by atoms with E-state index in [4.69, 9.17) is 10.8 Å². The van der Waals surface area contributed by atoms with E-state index in [0.29, 0.717) is 6.54 Å². The second kappa shape index (κ2) is 6.99. The van der Waals surface area contributed by atoms with E-state index in [0.717, 1.165) is 25.9 Å². The Kier molecular flexibility index (Phi) is 6.91. The maximum atomic E-state index is 8.82. The highest BCUT2D eigenvalue weighted by molar-refractivity contribution is 4.52. The van der Waals surface area contributed by atoms with Crippen LogP contribution in [0.4, 0.5) is 0 Å². The quantitative estimate of drug-likeness (QED) is 0.451. The van der Waals surface area contributed by atoms with E-state index in [1.165, 1.54) is 0 Å². The molecular formula is C7H18N2O. The van der Waals surface area contributed by atoms with Gasteiger partial charge in [-0.15, -0.1) is 0 Å². The molecule has 10 heavy (non-hydrogen) atoms. The first-order chi connectivity index (χ1) is 4.77. The molecule has 4 N–H and O–H groups in total. The summed E-state index contributed by atoms with van der Waals surface area (Å²) in [6.45, 7) is 4.18. The Balaban J connectivity index is 2.77. The van der Waals surface area contributed by atoms with E-state index < -0.39 is 0 Å². The van der Waals surface area contributed by atoms with Crippen LogP contribution in [0.3, 0.4) is 0 Å². The summed E-state index contributed by atoms with van der Waals surface area (Å²) in [5, 5.41) is 11.9. The predicted molar refractivity (Wildman–Crippen MR) is 42.8 cm³/mol. The second-order valence-electron chi connectivity index (χ2n) is 2.55. The third-order valence-corrected chi connectivity index (χ3v) is 1.25. The van der Waals surface area contributed by atoms with Crippen LogP contribution in [0, 0.1) is 0 Å². The summed E-state index contributed by atoms with van der Waals surface area (Å²) in [6.07, 6.45) is 1.92. The summed E-state index contributed by atoms with van der Waals surface area (Å²) in [6, 6.07) is 0. The zero-order valence-electron chi connectivity index (χ0n) is 6.64. The Bertz CT molecular complexity index is 66.6. The fraction of sp³-hybridized carbons (Fsp3) is 1.00. The molecule has 0 aliphatic heterocycles. The predicted octanol–water partition coefficient (Wildman–Crippen LogP) is -0.304. The van der Waals surface area contributed by atoms with Gasteiger partial charge in [0.2, 0.25) is 0 Å². The van der Waals surface area contributed by atoms with Crippen molar-refractivity contribution in [1.29, 1.82) is 0 Å². The van der Waals surface area contributed by atoms with Gasteiger partial charge in [0, 0.05) is 6.54 Å². The van der Waals surface area contributed by atoms with Crippen LogP contribution in [0.25, 0.3) is 0 Å². The lowest BCUT2D eigenvalue weighted by Crippen LogP contribution is -2.25. The molecule has 0 aliphatic rings. The van der Waals surface area contributed by atoms with Crippen molar-refractivity contribution < 1.29 is 5.11 Å². The molecule has 0 aromatic rings. The summed E-state index contributed by atoms with van der Waals surface area (Å²) in [7, 11) is 0. The third kappa shape index (κ3) is 7.88. The standard InChI is InChI=1S/C7H18N2O/c1-7(10)6-9-5-3-2-4-8/h7,9-10H,2-6,8H2,1H3. The number of unbranched alkanes of at least 4 members (excludes halogenated alkanes) is 1. The van der Waals surface area contributed by atoms with Crippen molar-refractivity contribution in [2.45, 2.75) is 25.9 Å². The molecule has 0 rings (SSSR count). The van der Waals surface area contributed by atoms with Crippen LogP contribution in [0.2, 0.25) is 0 Å². The lowest BCUT2D eigenvalue weighted by Gasteiger charge is -2.05. The minimum atomic E-state index is -0.238. The van der Waals surface area contributed by atoms with Crippen LogP contribution in [-0.2, 0) is 0 Å². The van der Waals surface area contributed by atoms with E-state index in [1.54, 1.807) is 6.92 Å². The Morgan fingerprint density at radius 3 is 2.70 bits per heavy atom. The highest BCUT2D eigenvalue weighted by Gasteiger charge is 1.92. The zero-order valence-corrected chi connectivity index (χ0v) is 6.64. The van der Waals surface area contributed by atoms with E-state index in [9.17, 15) is 0 Å². The normalized spacial score (nSPS) is 13.5. The van der Waals surface area contributed by atoms with E-state index in [2.05, 4.69) is 5.32 Å². The Morgan fingerprint density at radius 1 is 1.50 bits per heavy atom. The first kappa shape index (κ1) is 9.88. The minimum absolute atomic E-state index is 0.238. The van der Waals surface area contributed by atoms with E-state index in [-0.39, 0.29) is 6.10 Å². The van der Waals surface area contributed by atoms with Crippen LogP contribution in [0.1, 0.15) is 19.8 Å². The molecule has 0 aliphatic carbocycles. The number of hydrogen-bond donors (Lipinski definition) is 3. The van der Waals surface area contributed by atoms with E-state index in [1.807, 2.05) is 0 Å². The van der Waals surface area contributed by atoms with Crippen molar-refractivity contribution in [2.75, 3.05) is 19.6 Å². The molecule has 0 radical (unpaired) electrons. The number of hydrogen-bond acceptors (Lipinski definition) is 3. The van der Waals surface area contributed by atoms with Gasteiger partial charge in [-0.3, -0.25) is 0 Å². The molecule has 0 amide bonds. The molecule has 62 valence electrons. The van der Waals surface area contributed by atoms with Gasteiger partial charge in [-0.1, -0.05) is 0 Å². The molecule has 3 heteroatoms. The highest BCUT2D eigenvalue weighted by Crippen LogP contribution is 1.82. The van der Waals surface area contributed by atoms with E-state index >= 15 is 0 Å². The Morgan fingerprint density at radius 2 is 2.20 bits per heavy atom. The van der Waals surface area contributed by atoms with Gasteiger partial charge in [-0.05, 0) is 32.9 Å². The summed E-state index contributed by atoms with van der Waals surface area (Å²) >= 11 is 0. The molecule has 0 heterocycles. The van der Waals surface area contributed by atoms with Crippen LogP contribution in [0.15, 0.2) is 0 Å². The lowest BCUT2D eigenvalue weighted by atomic mass is 10.3. The third-order valence-electron chi connectivity index (χ3n) is 1.25. The zero-order chi connectivity index (χ0) is 7.82. The fourth-order valence-electron chi connectivity index (χ4n) is 0.705. The molecular weight excluding hydrogens is 128 g/mol. The maximum absolute atomic E-state index is 8.82. The van der Waals surface area contributed by atoms with Crippen LogP contribution < -0.4 is 11.1 Å². The average Bonchev–Trinajstić information content (AvgIpc) is 1.87. The van der Waals surface area contributed by atoms with Gasteiger partial charge in [0.1, 0.15) is 0 Å². The second-order valence-corrected chi connectivity index (χ2v) is 2.55. The van der Waals surface area contributed by atoms with Gasteiger partial charge in [-0.25, -0.2) is 0 Å². The molecule has 0 saturated carbocycles. The smallest absolute Gasteiger partial charge is 0.0636 e. The average molecular weight is 146 g/mol. The minimum Gasteiger partial charge on any atom is -0.392 e. The summed E-state index contributed by atoms with van der Waals surface area (Å²) in [5.41, 5.74) is 5.29. The van der Waals surface area contributed by atoms with Gasteiger partial charge in [0.15, 0.2) is 0 Å². The first-order valence-corrected chi connectivity index (χ1v) is 3.86. The molecule has 0 bridgehead atoms. The monoisotopic (exact) mass is 146 g/mol. The fourth-order valence-corrected chi connectivity index (χ4v) is 0.705. The molecule has 1 unspecified atom stereocenters. The van der Waals surface area contributed by atoms with Gasteiger partial charge in [0.25, 0.3) is 0 Å². The Labute approximate surface area is 62.6 Å². The molecule has 0 saturated heterocycles. The molecule has 0 aromatic carbocycles. The largest absolute Gasteiger partial charge is 0.392 e. The highest BCUT2D eigenvalue weighted by atomic mass is 16.3. The number of nitrogens with one attached hydrogen (secondary N) is 1. The van der Waals surface area contributed by atoms with Crippen molar-refractivity contribution >= 4 is 0 Å². The van der Waals surface area contributed by atoms with Crippen molar-refractivity contribution in [3.63, 3.8) is 0 Å². The van der Waals surface area contributed by atoms with Crippen molar-refractivity contribution in [2.24, 2.45) is 5.73 Å². The topological polar surface area (TPSA) is 58.3 Å².